The number of aromatic nitrogens is 2. The van der Waals surface area contributed by atoms with Crippen molar-refractivity contribution in [3.63, 3.8) is 0 Å². The van der Waals surface area contributed by atoms with E-state index in [9.17, 15) is 19.6 Å². The molecule has 0 saturated heterocycles. The number of anilines is 1. The van der Waals surface area contributed by atoms with E-state index in [4.69, 9.17) is 28.9 Å². The minimum atomic E-state index is -0.819. The number of carbonyl (C=O) groups is 1. The molecule has 3 rings (SSSR count). The molecule has 1 aromatic heterocycles. The summed E-state index contributed by atoms with van der Waals surface area (Å²) in [6.07, 6.45) is 2.08. The average Bonchev–Trinajstić information content (AvgIpc) is 2.67. The predicted octanol–water partition coefficient (Wildman–Crippen LogP) is 2.09. The number of aromatic amines is 2. The first-order valence-corrected chi connectivity index (χ1v) is 9.31. The van der Waals surface area contributed by atoms with E-state index in [0.29, 0.717) is 35.7 Å². The van der Waals surface area contributed by atoms with Crippen molar-refractivity contribution >= 4 is 34.8 Å². The third-order valence-electron chi connectivity index (χ3n) is 5.07. The summed E-state index contributed by atoms with van der Waals surface area (Å²) in [5.41, 5.74) is 3.41. The largest absolute Gasteiger partial charge is 0.392 e. The number of nitrogen functional groups attached to an aromatic ring is 1. The molecule has 1 aliphatic rings. The molecule has 0 spiro atoms. The molecule has 0 unspecified atom stereocenters. The highest BCUT2D eigenvalue weighted by atomic mass is 35.5. The molecule has 1 fully saturated rings. The molecular weight excluding hydrogens is 405 g/mol. The van der Waals surface area contributed by atoms with E-state index in [0.717, 1.165) is 5.56 Å². The van der Waals surface area contributed by atoms with Gasteiger partial charge in [-0.25, -0.2) is 4.79 Å². The van der Waals surface area contributed by atoms with Gasteiger partial charge in [0.2, 0.25) is 0 Å². The Morgan fingerprint density at radius 3 is 2.50 bits per heavy atom. The van der Waals surface area contributed by atoms with E-state index >= 15 is 0 Å². The Balaban J connectivity index is 1.74. The minimum absolute atomic E-state index is 0.223. The maximum atomic E-state index is 12.4. The monoisotopic (exact) mass is 421 g/mol. The highest BCUT2D eigenvalue weighted by Crippen LogP contribution is 2.40. The number of benzene rings is 1. The lowest BCUT2D eigenvalue weighted by molar-refractivity contribution is 0.0917. The zero-order valence-corrected chi connectivity index (χ0v) is 16.2. The van der Waals surface area contributed by atoms with Crippen molar-refractivity contribution in [3.8, 4) is 6.07 Å². The molecule has 1 aliphatic carbocycles. The number of halogens is 2. The summed E-state index contributed by atoms with van der Waals surface area (Å²) >= 11 is 12.0. The van der Waals surface area contributed by atoms with Crippen LogP contribution in [-0.2, 0) is 5.41 Å². The number of carbonyl (C=O) groups excluding carboxylic acids is 1. The van der Waals surface area contributed by atoms with Gasteiger partial charge in [-0.05, 0) is 43.4 Å². The molecule has 2 aromatic rings. The van der Waals surface area contributed by atoms with Gasteiger partial charge in [-0.3, -0.25) is 14.6 Å². The first-order valence-electron chi connectivity index (χ1n) is 8.55. The molecule has 146 valence electrons. The Morgan fingerprint density at radius 2 is 1.89 bits per heavy atom. The first-order chi connectivity index (χ1) is 13.3. The molecular formula is C18H17Cl2N5O3. The summed E-state index contributed by atoms with van der Waals surface area (Å²) in [5.74, 6) is -0.635. The van der Waals surface area contributed by atoms with Crippen molar-refractivity contribution in [3.05, 3.63) is 60.3 Å². The topological polar surface area (TPSA) is 145 Å². The van der Waals surface area contributed by atoms with E-state index in [1.54, 1.807) is 18.2 Å². The Kier molecular flexibility index (Phi) is 5.49. The van der Waals surface area contributed by atoms with Crippen LogP contribution in [0.5, 0.6) is 0 Å². The number of rotatable bonds is 3. The van der Waals surface area contributed by atoms with Crippen LogP contribution in [0, 0.1) is 11.3 Å². The van der Waals surface area contributed by atoms with Gasteiger partial charge < -0.3 is 16.0 Å². The van der Waals surface area contributed by atoms with Gasteiger partial charge in [0.05, 0.1) is 21.5 Å². The lowest BCUT2D eigenvalue weighted by Gasteiger charge is -2.35. The molecule has 1 aromatic carbocycles. The van der Waals surface area contributed by atoms with Crippen molar-refractivity contribution < 1.29 is 4.79 Å². The van der Waals surface area contributed by atoms with Crippen LogP contribution in [-0.4, -0.2) is 21.9 Å². The Labute approximate surface area is 169 Å². The number of nitrogens with two attached hydrogens (primary N) is 1. The number of hydrogen-bond donors (Lipinski definition) is 4. The number of hydrogen-bond acceptors (Lipinski definition) is 5. The maximum absolute atomic E-state index is 12.4. The molecule has 8 nitrogen and oxygen atoms in total. The van der Waals surface area contributed by atoms with Crippen LogP contribution in [0.25, 0.3) is 0 Å². The summed E-state index contributed by atoms with van der Waals surface area (Å²) in [6, 6.07) is 7.32. The van der Waals surface area contributed by atoms with Crippen molar-refractivity contribution in [2.24, 2.45) is 0 Å². The average molecular weight is 422 g/mol. The third-order valence-corrected chi connectivity index (χ3v) is 5.81. The Hall–Kier alpha value is -2.76. The lowest BCUT2D eigenvalue weighted by atomic mass is 9.69. The molecule has 0 radical (unpaired) electrons. The molecule has 1 amide bonds. The normalized spacial score (nSPS) is 21.7. The molecule has 1 saturated carbocycles. The van der Waals surface area contributed by atoms with E-state index in [2.05, 4.69) is 16.4 Å². The smallest absolute Gasteiger partial charge is 0.326 e. The third kappa shape index (κ3) is 3.77. The van der Waals surface area contributed by atoms with E-state index < -0.39 is 22.6 Å². The molecule has 5 N–H and O–H groups in total. The van der Waals surface area contributed by atoms with Crippen LogP contribution in [0.3, 0.4) is 0 Å². The molecule has 28 heavy (non-hydrogen) atoms. The molecule has 0 bridgehead atoms. The molecule has 1 heterocycles. The van der Waals surface area contributed by atoms with Gasteiger partial charge in [-0.1, -0.05) is 29.3 Å². The summed E-state index contributed by atoms with van der Waals surface area (Å²) in [5, 5.41) is 13.4. The Morgan fingerprint density at radius 1 is 1.21 bits per heavy atom. The van der Waals surface area contributed by atoms with Crippen molar-refractivity contribution in [2.45, 2.75) is 37.1 Å². The van der Waals surface area contributed by atoms with E-state index in [-0.39, 0.29) is 17.4 Å². The first kappa shape index (κ1) is 20.0. The molecule has 10 heteroatoms. The number of H-pyrrole nitrogens is 2. The van der Waals surface area contributed by atoms with E-state index in [1.165, 1.54) is 0 Å². The molecule has 0 atom stereocenters. The predicted molar refractivity (Wildman–Crippen MR) is 106 cm³/mol. The molecule has 0 aliphatic heterocycles. The highest BCUT2D eigenvalue weighted by Gasteiger charge is 2.38. The van der Waals surface area contributed by atoms with Gasteiger partial charge in [0.1, 0.15) is 11.4 Å². The van der Waals surface area contributed by atoms with Crippen LogP contribution in [0.15, 0.2) is 27.8 Å². The Bertz CT molecular complexity index is 1080. The summed E-state index contributed by atoms with van der Waals surface area (Å²) < 4.78 is 0. The van der Waals surface area contributed by atoms with Crippen LogP contribution < -0.4 is 22.3 Å². The summed E-state index contributed by atoms with van der Waals surface area (Å²) in [4.78, 5) is 39.5. The van der Waals surface area contributed by atoms with Gasteiger partial charge in [0, 0.05) is 6.04 Å². The van der Waals surface area contributed by atoms with Crippen LogP contribution in [0.2, 0.25) is 10.0 Å². The lowest BCUT2D eigenvalue weighted by Crippen LogP contribution is -2.43. The van der Waals surface area contributed by atoms with Crippen LogP contribution >= 0.6 is 23.2 Å². The van der Waals surface area contributed by atoms with Gasteiger partial charge in [0.15, 0.2) is 0 Å². The van der Waals surface area contributed by atoms with E-state index in [1.807, 2.05) is 4.98 Å². The van der Waals surface area contributed by atoms with Crippen molar-refractivity contribution in [1.82, 2.24) is 15.3 Å². The standard InChI is InChI=1S/C18H17Cl2N5O3/c19-11-2-1-9(7-12(11)20)18(8-21)5-3-10(4-6-18)23-16(27)14-13(22)15(26)25-17(28)24-14/h1-2,7,10H,3-6,22H2,(H,23,27)(H2,24,25,26,28)/t10-,18-. The number of nitrogens with one attached hydrogen (secondary N) is 3. The number of nitriles is 1. The van der Waals surface area contributed by atoms with Gasteiger partial charge in [0.25, 0.3) is 11.5 Å². The van der Waals surface area contributed by atoms with Crippen molar-refractivity contribution in [2.75, 3.05) is 5.73 Å². The second-order valence-corrected chi connectivity index (χ2v) is 7.58. The fraction of sp³-hybridized carbons (Fsp3) is 0.333. The quantitative estimate of drug-likeness (QED) is 0.599. The maximum Gasteiger partial charge on any atom is 0.326 e. The minimum Gasteiger partial charge on any atom is -0.392 e. The summed E-state index contributed by atoms with van der Waals surface area (Å²) in [6.45, 7) is 0. The zero-order chi connectivity index (χ0) is 20.5. The zero-order valence-electron chi connectivity index (χ0n) is 14.6. The van der Waals surface area contributed by atoms with Crippen LogP contribution in [0.4, 0.5) is 5.69 Å². The van der Waals surface area contributed by atoms with Gasteiger partial charge >= 0.3 is 5.69 Å². The second-order valence-electron chi connectivity index (χ2n) is 6.77. The fourth-order valence-electron chi connectivity index (χ4n) is 3.45. The SMILES string of the molecule is N#C[C@]1(c2ccc(Cl)c(Cl)c2)CC[C@H](NC(=O)c2[nH]c(=O)[nH]c(=O)c2N)CC1. The number of amides is 1. The second kappa shape index (κ2) is 7.70. The number of nitrogens with zero attached hydrogens (tertiary/aromatic N) is 1. The van der Waals surface area contributed by atoms with Crippen LogP contribution in [0.1, 0.15) is 41.7 Å². The van der Waals surface area contributed by atoms with Gasteiger partial charge in [-0.2, -0.15) is 5.26 Å². The fourth-order valence-corrected chi connectivity index (χ4v) is 3.74. The van der Waals surface area contributed by atoms with Crippen molar-refractivity contribution in [1.29, 1.82) is 5.26 Å². The summed E-state index contributed by atoms with van der Waals surface area (Å²) in [7, 11) is 0. The van der Waals surface area contributed by atoms with Gasteiger partial charge in [-0.15, -0.1) is 0 Å². The highest BCUT2D eigenvalue weighted by molar-refractivity contribution is 6.42.